The van der Waals surface area contributed by atoms with Crippen LogP contribution in [0.1, 0.15) is 28.4 Å². The maximum atomic E-state index is 12.8. The highest BCUT2D eigenvalue weighted by Gasteiger charge is 2.23. The smallest absolute Gasteiger partial charge is 0.265 e. The third kappa shape index (κ3) is 4.51. The van der Waals surface area contributed by atoms with Gasteiger partial charge in [0.15, 0.2) is 6.10 Å². The Labute approximate surface area is 165 Å². The van der Waals surface area contributed by atoms with E-state index in [1.165, 1.54) is 0 Å². The Kier molecular flexibility index (Phi) is 6.31. The lowest BCUT2D eigenvalue weighted by atomic mass is 10.1. The van der Waals surface area contributed by atoms with Crippen molar-refractivity contribution >= 4 is 17.5 Å². The maximum Gasteiger partial charge on any atom is 0.265 e. The van der Waals surface area contributed by atoms with E-state index in [0.29, 0.717) is 43.3 Å². The summed E-state index contributed by atoms with van der Waals surface area (Å²) in [7, 11) is 0. The number of benzene rings is 2. The fourth-order valence-electron chi connectivity index (χ4n) is 3.05. The molecule has 1 aliphatic heterocycles. The molecule has 0 bridgehead atoms. The summed E-state index contributed by atoms with van der Waals surface area (Å²) < 4.78 is 11.2. The van der Waals surface area contributed by atoms with Crippen LogP contribution >= 0.6 is 0 Å². The number of rotatable bonds is 5. The highest BCUT2D eigenvalue weighted by Crippen LogP contribution is 2.23. The Hall–Kier alpha value is -2.86. The first-order valence-corrected chi connectivity index (χ1v) is 9.47. The second kappa shape index (κ2) is 8.89. The molecular formula is C22H26N2O4. The number of hydrogen-bond donors (Lipinski definition) is 1. The average Bonchev–Trinajstić information content (AvgIpc) is 2.72. The van der Waals surface area contributed by atoms with Gasteiger partial charge in [-0.3, -0.25) is 9.59 Å². The highest BCUT2D eigenvalue weighted by molar-refractivity contribution is 6.04. The number of hydrogen-bond acceptors (Lipinski definition) is 4. The van der Waals surface area contributed by atoms with E-state index in [1.54, 1.807) is 36.1 Å². The summed E-state index contributed by atoms with van der Waals surface area (Å²) in [6.07, 6.45) is -0.702. The fraction of sp³-hybridized carbons (Fsp3) is 0.364. The first kappa shape index (κ1) is 19.9. The number of morpholine rings is 1. The number of carbonyl (C=O) groups is 2. The fourth-order valence-corrected chi connectivity index (χ4v) is 3.05. The van der Waals surface area contributed by atoms with Crippen molar-refractivity contribution in [1.29, 1.82) is 0 Å². The number of nitrogens with one attached hydrogen (secondary N) is 1. The predicted molar refractivity (Wildman–Crippen MR) is 108 cm³/mol. The lowest BCUT2D eigenvalue weighted by molar-refractivity contribution is -0.122. The Morgan fingerprint density at radius 2 is 1.79 bits per heavy atom. The van der Waals surface area contributed by atoms with Gasteiger partial charge in [-0.15, -0.1) is 0 Å². The molecule has 6 nitrogen and oxygen atoms in total. The Morgan fingerprint density at radius 1 is 1.07 bits per heavy atom. The molecule has 1 heterocycles. The van der Waals surface area contributed by atoms with E-state index in [2.05, 4.69) is 5.32 Å². The SMILES string of the molecule is Cc1cccc(O[C@H](C)C(=O)Nc2ccccc2C(=O)N2CCOCC2)c1C. The summed E-state index contributed by atoms with van der Waals surface area (Å²) >= 11 is 0. The van der Waals surface area contributed by atoms with Gasteiger partial charge in [0.2, 0.25) is 0 Å². The number of nitrogens with zero attached hydrogens (tertiary/aromatic N) is 1. The number of aryl methyl sites for hydroxylation is 1. The molecule has 2 aromatic rings. The van der Waals surface area contributed by atoms with Gasteiger partial charge in [0.25, 0.3) is 11.8 Å². The standard InChI is InChI=1S/C22H26N2O4/c1-15-7-6-10-20(16(15)2)28-17(3)21(25)23-19-9-5-4-8-18(19)22(26)24-11-13-27-14-12-24/h4-10,17H,11-14H2,1-3H3,(H,23,25)/t17-/m1/s1. The summed E-state index contributed by atoms with van der Waals surface area (Å²) in [5.41, 5.74) is 3.06. The topological polar surface area (TPSA) is 67.9 Å². The van der Waals surface area contributed by atoms with E-state index in [4.69, 9.17) is 9.47 Å². The second-order valence-corrected chi connectivity index (χ2v) is 6.90. The van der Waals surface area contributed by atoms with Crippen LogP contribution in [0, 0.1) is 13.8 Å². The van der Waals surface area contributed by atoms with Crippen LogP contribution in [0.25, 0.3) is 0 Å². The van der Waals surface area contributed by atoms with Gasteiger partial charge in [-0.05, 0) is 50.1 Å². The summed E-state index contributed by atoms with van der Waals surface area (Å²) in [6.45, 7) is 7.82. The Balaban J connectivity index is 1.71. The number of para-hydroxylation sites is 1. The van der Waals surface area contributed by atoms with Crippen LogP contribution in [0.5, 0.6) is 5.75 Å². The molecule has 3 rings (SSSR count). The molecule has 28 heavy (non-hydrogen) atoms. The van der Waals surface area contributed by atoms with Crippen molar-refractivity contribution in [2.75, 3.05) is 31.6 Å². The minimum Gasteiger partial charge on any atom is -0.481 e. The number of anilines is 1. The molecule has 1 fully saturated rings. The first-order chi connectivity index (χ1) is 13.5. The normalized spacial score (nSPS) is 15.0. The molecular weight excluding hydrogens is 356 g/mol. The quantitative estimate of drug-likeness (QED) is 0.862. The molecule has 2 aromatic carbocycles. The lowest BCUT2D eigenvalue weighted by Crippen LogP contribution is -2.41. The van der Waals surface area contributed by atoms with Crippen molar-refractivity contribution in [2.45, 2.75) is 26.9 Å². The average molecular weight is 382 g/mol. The molecule has 2 amide bonds. The molecule has 0 aromatic heterocycles. The summed E-state index contributed by atoms with van der Waals surface area (Å²) in [4.78, 5) is 27.3. The molecule has 6 heteroatoms. The molecule has 1 atom stereocenters. The summed E-state index contributed by atoms with van der Waals surface area (Å²) in [5.74, 6) is 0.269. The molecule has 0 unspecified atom stereocenters. The van der Waals surface area contributed by atoms with Gasteiger partial charge in [-0.2, -0.15) is 0 Å². The monoisotopic (exact) mass is 382 g/mol. The third-order valence-electron chi connectivity index (χ3n) is 4.94. The van der Waals surface area contributed by atoms with Crippen molar-refractivity contribution in [1.82, 2.24) is 4.90 Å². The molecule has 1 saturated heterocycles. The van der Waals surface area contributed by atoms with Gasteiger partial charge < -0.3 is 19.7 Å². The van der Waals surface area contributed by atoms with E-state index in [9.17, 15) is 9.59 Å². The van der Waals surface area contributed by atoms with E-state index in [1.807, 2.05) is 32.0 Å². The van der Waals surface area contributed by atoms with Crippen molar-refractivity contribution in [2.24, 2.45) is 0 Å². The maximum absolute atomic E-state index is 12.8. The van der Waals surface area contributed by atoms with Crippen molar-refractivity contribution < 1.29 is 19.1 Å². The largest absolute Gasteiger partial charge is 0.481 e. The molecule has 148 valence electrons. The molecule has 0 spiro atoms. The minimum absolute atomic E-state index is 0.109. The molecule has 1 aliphatic rings. The zero-order valence-corrected chi connectivity index (χ0v) is 16.5. The van der Waals surface area contributed by atoms with Gasteiger partial charge in [-0.25, -0.2) is 0 Å². The Bertz CT molecular complexity index is 859. The molecule has 0 saturated carbocycles. The first-order valence-electron chi connectivity index (χ1n) is 9.47. The highest BCUT2D eigenvalue weighted by atomic mass is 16.5. The number of carbonyl (C=O) groups excluding carboxylic acids is 2. The predicted octanol–water partition coefficient (Wildman–Crippen LogP) is 3.18. The van der Waals surface area contributed by atoms with Crippen LogP contribution in [0.2, 0.25) is 0 Å². The molecule has 0 radical (unpaired) electrons. The zero-order chi connectivity index (χ0) is 20.1. The third-order valence-corrected chi connectivity index (χ3v) is 4.94. The van der Waals surface area contributed by atoms with Crippen LogP contribution in [0.3, 0.4) is 0 Å². The van der Waals surface area contributed by atoms with E-state index >= 15 is 0 Å². The summed E-state index contributed by atoms with van der Waals surface area (Å²) in [5, 5.41) is 2.84. The van der Waals surface area contributed by atoms with Crippen LogP contribution < -0.4 is 10.1 Å². The van der Waals surface area contributed by atoms with E-state index < -0.39 is 6.10 Å². The number of ether oxygens (including phenoxy) is 2. The van der Waals surface area contributed by atoms with Crippen molar-refractivity contribution in [3.05, 3.63) is 59.2 Å². The van der Waals surface area contributed by atoms with Crippen molar-refractivity contribution in [3.63, 3.8) is 0 Å². The van der Waals surface area contributed by atoms with Gasteiger partial charge >= 0.3 is 0 Å². The second-order valence-electron chi connectivity index (χ2n) is 6.90. The van der Waals surface area contributed by atoms with Gasteiger partial charge in [0, 0.05) is 13.1 Å². The van der Waals surface area contributed by atoms with Crippen LogP contribution in [-0.2, 0) is 9.53 Å². The van der Waals surface area contributed by atoms with Crippen molar-refractivity contribution in [3.8, 4) is 5.75 Å². The minimum atomic E-state index is -0.702. The van der Waals surface area contributed by atoms with Gasteiger partial charge in [0.1, 0.15) is 5.75 Å². The molecule has 0 aliphatic carbocycles. The van der Waals surface area contributed by atoms with E-state index in [0.717, 1.165) is 11.1 Å². The lowest BCUT2D eigenvalue weighted by Gasteiger charge is -2.27. The number of amides is 2. The van der Waals surface area contributed by atoms with Crippen LogP contribution in [0.15, 0.2) is 42.5 Å². The van der Waals surface area contributed by atoms with Gasteiger partial charge in [-0.1, -0.05) is 24.3 Å². The van der Waals surface area contributed by atoms with Gasteiger partial charge in [0.05, 0.1) is 24.5 Å². The summed E-state index contributed by atoms with van der Waals surface area (Å²) in [6, 6.07) is 12.8. The molecule has 1 N–H and O–H groups in total. The zero-order valence-electron chi connectivity index (χ0n) is 16.5. The van der Waals surface area contributed by atoms with Crippen LogP contribution in [-0.4, -0.2) is 49.1 Å². The Morgan fingerprint density at radius 3 is 2.54 bits per heavy atom. The van der Waals surface area contributed by atoms with Crippen LogP contribution in [0.4, 0.5) is 5.69 Å². The van der Waals surface area contributed by atoms with E-state index in [-0.39, 0.29) is 11.8 Å².